The summed E-state index contributed by atoms with van der Waals surface area (Å²) in [5, 5.41) is 14.0. The second-order valence-electron chi connectivity index (χ2n) is 6.52. The SMILES string of the molecule is O=C(NCCOCCO)C(=O)NC1CCCCCCCCCCC1. The molecular weight excluding hydrogens is 308 g/mol. The Balaban J connectivity index is 2.27. The molecule has 0 saturated heterocycles. The Bertz CT molecular complexity index is 338. The van der Waals surface area contributed by atoms with Crippen molar-refractivity contribution in [2.45, 2.75) is 76.7 Å². The van der Waals surface area contributed by atoms with E-state index in [9.17, 15) is 9.59 Å². The Labute approximate surface area is 145 Å². The Kier molecular flexibility index (Phi) is 12.4. The predicted molar refractivity (Wildman–Crippen MR) is 93.6 cm³/mol. The van der Waals surface area contributed by atoms with Crippen molar-refractivity contribution >= 4 is 11.8 Å². The summed E-state index contributed by atoms with van der Waals surface area (Å²) in [7, 11) is 0. The third-order valence-corrected chi connectivity index (χ3v) is 4.41. The monoisotopic (exact) mass is 342 g/mol. The van der Waals surface area contributed by atoms with Crippen molar-refractivity contribution in [3.63, 3.8) is 0 Å². The molecule has 0 bridgehead atoms. The van der Waals surface area contributed by atoms with Gasteiger partial charge in [-0.05, 0) is 12.8 Å². The lowest BCUT2D eigenvalue weighted by Gasteiger charge is -2.19. The molecule has 2 amide bonds. The summed E-state index contributed by atoms with van der Waals surface area (Å²) in [6.45, 7) is 0.764. The second kappa shape index (κ2) is 14.2. The van der Waals surface area contributed by atoms with Crippen LogP contribution in [0.2, 0.25) is 0 Å². The van der Waals surface area contributed by atoms with Gasteiger partial charge in [0.25, 0.3) is 0 Å². The topological polar surface area (TPSA) is 87.7 Å². The van der Waals surface area contributed by atoms with Crippen molar-refractivity contribution in [1.29, 1.82) is 0 Å². The van der Waals surface area contributed by atoms with E-state index in [-0.39, 0.29) is 25.8 Å². The van der Waals surface area contributed by atoms with Crippen LogP contribution in [-0.4, -0.2) is 49.3 Å². The first-order valence-corrected chi connectivity index (χ1v) is 9.51. The first-order chi connectivity index (χ1) is 11.7. The maximum Gasteiger partial charge on any atom is 0.309 e. The van der Waals surface area contributed by atoms with Crippen LogP contribution in [0.25, 0.3) is 0 Å². The molecule has 0 spiro atoms. The Hall–Kier alpha value is -1.14. The van der Waals surface area contributed by atoms with Crippen LogP contribution in [0.4, 0.5) is 0 Å². The van der Waals surface area contributed by atoms with E-state index in [1.807, 2.05) is 0 Å². The number of hydrogen-bond acceptors (Lipinski definition) is 4. The zero-order valence-corrected chi connectivity index (χ0v) is 14.9. The first-order valence-electron chi connectivity index (χ1n) is 9.51. The molecule has 1 rings (SSSR count). The number of hydrogen-bond donors (Lipinski definition) is 3. The highest BCUT2D eigenvalue weighted by atomic mass is 16.5. The number of ether oxygens (including phenoxy) is 1. The van der Waals surface area contributed by atoms with Crippen LogP contribution in [-0.2, 0) is 14.3 Å². The second-order valence-corrected chi connectivity index (χ2v) is 6.52. The molecule has 0 heterocycles. The van der Waals surface area contributed by atoms with Crippen molar-refractivity contribution < 1.29 is 19.4 Å². The van der Waals surface area contributed by atoms with E-state index < -0.39 is 11.8 Å². The van der Waals surface area contributed by atoms with Crippen LogP contribution in [0.3, 0.4) is 0 Å². The van der Waals surface area contributed by atoms with E-state index in [0.717, 1.165) is 25.7 Å². The van der Waals surface area contributed by atoms with Gasteiger partial charge in [0.2, 0.25) is 0 Å². The number of aliphatic hydroxyl groups is 1. The summed E-state index contributed by atoms with van der Waals surface area (Å²) in [5.41, 5.74) is 0. The molecule has 6 nitrogen and oxygen atoms in total. The molecule has 0 aliphatic heterocycles. The molecule has 1 saturated carbocycles. The van der Waals surface area contributed by atoms with Gasteiger partial charge in [-0.3, -0.25) is 9.59 Å². The minimum atomic E-state index is -0.603. The van der Waals surface area contributed by atoms with E-state index in [4.69, 9.17) is 9.84 Å². The molecule has 0 unspecified atom stereocenters. The fourth-order valence-corrected chi connectivity index (χ4v) is 3.04. The number of amides is 2. The minimum Gasteiger partial charge on any atom is -0.394 e. The highest BCUT2D eigenvalue weighted by Crippen LogP contribution is 2.16. The van der Waals surface area contributed by atoms with Crippen LogP contribution in [0.1, 0.15) is 70.6 Å². The van der Waals surface area contributed by atoms with Crippen molar-refractivity contribution in [3.8, 4) is 0 Å². The van der Waals surface area contributed by atoms with Crippen LogP contribution in [0, 0.1) is 0 Å². The predicted octanol–water partition coefficient (Wildman–Crippen LogP) is 1.90. The van der Waals surface area contributed by atoms with Crippen LogP contribution in [0.5, 0.6) is 0 Å². The molecule has 140 valence electrons. The Morgan fingerprint density at radius 3 is 1.92 bits per heavy atom. The van der Waals surface area contributed by atoms with E-state index in [2.05, 4.69) is 10.6 Å². The van der Waals surface area contributed by atoms with Crippen molar-refractivity contribution in [2.24, 2.45) is 0 Å². The molecule has 0 aromatic rings. The molecule has 6 heteroatoms. The minimum absolute atomic E-state index is 0.0455. The molecule has 0 atom stereocenters. The summed E-state index contributed by atoms with van der Waals surface area (Å²) in [5.74, 6) is -1.15. The quantitative estimate of drug-likeness (QED) is 0.508. The van der Waals surface area contributed by atoms with Gasteiger partial charge >= 0.3 is 11.8 Å². The van der Waals surface area contributed by atoms with Gasteiger partial charge in [0.15, 0.2) is 0 Å². The zero-order valence-electron chi connectivity index (χ0n) is 14.9. The van der Waals surface area contributed by atoms with Gasteiger partial charge in [-0.1, -0.05) is 57.8 Å². The number of nitrogens with one attached hydrogen (secondary N) is 2. The third-order valence-electron chi connectivity index (χ3n) is 4.41. The van der Waals surface area contributed by atoms with E-state index >= 15 is 0 Å². The summed E-state index contributed by atoms with van der Waals surface area (Å²) in [6.07, 6.45) is 13.1. The Morgan fingerprint density at radius 1 is 0.833 bits per heavy atom. The molecule has 1 aliphatic rings. The van der Waals surface area contributed by atoms with Gasteiger partial charge in [-0.25, -0.2) is 0 Å². The molecule has 24 heavy (non-hydrogen) atoms. The zero-order chi connectivity index (χ0) is 17.5. The molecule has 1 fully saturated rings. The fourth-order valence-electron chi connectivity index (χ4n) is 3.04. The number of carbonyl (C=O) groups excluding carboxylic acids is 2. The summed E-state index contributed by atoms with van der Waals surface area (Å²) < 4.78 is 5.04. The van der Waals surface area contributed by atoms with Crippen molar-refractivity contribution in [2.75, 3.05) is 26.4 Å². The lowest BCUT2D eigenvalue weighted by atomic mass is 9.98. The normalized spacial score (nSPS) is 18.2. The first kappa shape index (κ1) is 20.9. The summed E-state index contributed by atoms with van der Waals surface area (Å²) >= 11 is 0. The van der Waals surface area contributed by atoms with E-state index in [0.29, 0.717) is 6.61 Å². The maximum absolute atomic E-state index is 12.0. The summed E-state index contributed by atoms with van der Waals surface area (Å²) in [4.78, 5) is 23.8. The lowest BCUT2D eigenvalue weighted by Crippen LogP contribution is -2.45. The number of carbonyl (C=O) groups is 2. The van der Waals surface area contributed by atoms with Crippen LogP contribution in [0.15, 0.2) is 0 Å². The highest BCUT2D eigenvalue weighted by molar-refractivity contribution is 6.35. The lowest BCUT2D eigenvalue weighted by molar-refractivity contribution is -0.139. The number of rotatable bonds is 6. The standard InChI is InChI=1S/C18H34N2O4/c21-13-15-24-14-12-19-17(22)18(23)20-16-10-8-6-4-2-1-3-5-7-9-11-16/h16,21H,1-15H2,(H,19,22)(H,20,23). The molecule has 1 aliphatic carbocycles. The van der Waals surface area contributed by atoms with E-state index in [1.54, 1.807) is 0 Å². The van der Waals surface area contributed by atoms with Crippen molar-refractivity contribution in [1.82, 2.24) is 10.6 Å². The number of aliphatic hydroxyl groups excluding tert-OH is 1. The van der Waals surface area contributed by atoms with Crippen molar-refractivity contribution in [3.05, 3.63) is 0 Å². The third kappa shape index (κ3) is 10.6. The van der Waals surface area contributed by atoms with Gasteiger partial charge < -0.3 is 20.5 Å². The maximum atomic E-state index is 12.0. The van der Waals surface area contributed by atoms with Gasteiger partial charge in [0.05, 0.1) is 19.8 Å². The fraction of sp³-hybridized carbons (Fsp3) is 0.889. The largest absolute Gasteiger partial charge is 0.394 e. The molecular formula is C18H34N2O4. The smallest absolute Gasteiger partial charge is 0.309 e. The highest BCUT2D eigenvalue weighted by Gasteiger charge is 2.18. The van der Waals surface area contributed by atoms with Gasteiger partial charge in [0.1, 0.15) is 0 Å². The average Bonchev–Trinajstić information content (AvgIpc) is 2.56. The van der Waals surface area contributed by atoms with E-state index in [1.165, 1.54) is 44.9 Å². The summed E-state index contributed by atoms with van der Waals surface area (Å²) in [6, 6.07) is 0.105. The Morgan fingerprint density at radius 2 is 1.38 bits per heavy atom. The van der Waals surface area contributed by atoms with Crippen LogP contribution < -0.4 is 10.6 Å². The molecule has 0 aromatic heterocycles. The molecule has 3 N–H and O–H groups in total. The molecule has 0 aromatic carbocycles. The average molecular weight is 342 g/mol. The van der Waals surface area contributed by atoms with Crippen LogP contribution >= 0.6 is 0 Å². The van der Waals surface area contributed by atoms with Gasteiger partial charge in [-0.15, -0.1) is 0 Å². The van der Waals surface area contributed by atoms with Gasteiger partial charge in [0, 0.05) is 12.6 Å². The molecule has 0 radical (unpaired) electrons. The van der Waals surface area contributed by atoms with Gasteiger partial charge in [-0.2, -0.15) is 0 Å².